The molecule has 0 aliphatic heterocycles. The van der Waals surface area contributed by atoms with Crippen LogP contribution in [-0.2, 0) is 0 Å². The summed E-state index contributed by atoms with van der Waals surface area (Å²) < 4.78 is 8.64. The van der Waals surface area contributed by atoms with E-state index in [0.717, 1.165) is 72.5 Å². The summed E-state index contributed by atoms with van der Waals surface area (Å²) in [4.78, 5) is 2.40. The fourth-order valence-corrected chi connectivity index (χ4v) is 10.9. The zero-order chi connectivity index (χ0) is 45.4. The van der Waals surface area contributed by atoms with Crippen molar-refractivity contribution in [3.05, 3.63) is 255 Å². The fraction of sp³-hybridized carbons (Fsp3) is 0. The number of fused-ring (bicyclic) bond motifs is 12. The van der Waals surface area contributed by atoms with Crippen LogP contribution < -0.4 is 4.90 Å². The number of hydrogen-bond acceptors (Lipinski definition) is 2. The molecule has 69 heavy (non-hydrogen) atoms. The number of nitrogens with zero attached hydrogens (tertiary/aromatic N) is 2. The lowest BCUT2D eigenvalue weighted by Crippen LogP contribution is -2.10. The summed E-state index contributed by atoms with van der Waals surface area (Å²) in [6, 6.07) is 92.5. The van der Waals surface area contributed by atoms with Gasteiger partial charge in [-0.3, -0.25) is 0 Å². The smallest absolute Gasteiger partial charge is 0.136 e. The number of benzene rings is 12. The molecule has 0 bridgehead atoms. The van der Waals surface area contributed by atoms with Crippen LogP contribution in [0.5, 0.6) is 0 Å². The van der Waals surface area contributed by atoms with Gasteiger partial charge in [-0.15, -0.1) is 0 Å². The van der Waals surface area contributed by atoms with Gasteiger partial charge in [-0.25, -0.2) is 0 Å². The Morgan fingerprint density at radius 2 is 0.667 bits per heavy atom. The molecule has 12 aromatic carbocycles. The Morgan fingerprint density at radius 1 is 0.261 bits per heavy atom. The Hall–Kier alpha value is -9.18. The lowest BCUT2D eigenvalue weighted by Gasteiger charge is -2.27. The highest BCUT2D eigenvalue weighted by Crippen LogP contribution is 2.43. The van der Waals surface area contributed by atoms with Gasteiger partial charge in [0.05, 0.1) is 16.7 Å². The first-order valence-electron chi connectivity index (χ1n) is 23.7. The van der Waals surface area contributed by atoms with Gasteiger partial charge in [-0.05, 0) is 133 Å². The molecule has 3 heteroatoms. The first-order chi connectivity index (χ1) is 34.2. The Labute approximate surface area is 399 Å². The van der Waals surface area contributed by atoms with Gasteiger partial charge in [0.1, 0.15) is 11.2 Å². The fourth-order valence-electron chi connectivity index (χ4n) is 10.9. The third kappa shape index (κ3) is 6.36. The lowest BCUT2D eigenvalue weighted by molar-refractivity contribution is 0.669. The normalized spacial score (nSPS) is 11.8. The van der Waals surface area contributed by atoms with E-state index in [2.05, 4.69) is 252 Å². The molecule has 0 aliphatic rings. The predicted molar refractivity (Wildman–Crippen MR) is 292 cm³/mol. The quantitative estimate of drug-likeness (QED) is 0.149. The second-order valence-electron chi connectivity index (χ2n) is 18.0. The third-order valence-corrected chi connectivity index (χ3v) is 14.2. The molecule has 322 valence electrons. The highest BCUT2D eigenvalue weighted by Gasteiger charge is 2.19. The van der Waals surface area contributed by atoms with Crippen LogP contribution in [0.2, 0.25) is 0 Å². The van der Waals surface area contributed by atoms with Gasteiger partial charge >= 0.3 is 0 Å². The molecule has 0 unspecified atom stereocenters. The molecule has 0 N–H and O–H groups in total. The van der Waals surface area contributed by atoms with E-state index in [0.29, 0.717) is 0 Å². The molecule has 2 aromatic heterocycles. The van der Waals surface area contributed by atoms with E-state index >= 15 is 0 Å². The highest BCUT2D eigenvalue weighted by atomic mass is 16.3. The second-order valence-corrected chi connectivity index (χ2v) is 18.0. The number of furan rings is 1. The van der Waals surface area contributed by atoms with Crippen molar-refractivity contribution in [2.45, 2.75) is 0 Å². The van der Waals surface area contributed by atoms with Crippen molar-refractivity contribution in [2.24, 2.45) is 0 Å². The maximum atomic E-state index is 6.22. The van der Waals surface area contributed by atoms with Crippen molar-refractivity contribution in [3.63, 3.8) is 0 Å². The van der Waals surface area contributed by atoms with Crippen LogP contribution in [0.1, 0.15) is 0 Å². The highest BCUT2D eigenvalue weighted by molar-refractivity contribution is 6.26. The first-order valence-corrected chi connectivity index (χ1v) is 23.7. The SMILES string of the molecule is c1ccc(-n2c3ccccc3c3ccccc32)c(-c2ccc(N(c3ccc(-c4ccc(-c5ccc6c(c5)oc5ccccc56)cc4)cc3)c3ccc4c5ccccc5c5ccccc5c4c3)cc2)c1. The number of para-hydroxylation sites is 4. The lowest BCUT2D eigenvalue weighted by atomic mass is 9.94. The molecule has 0 amide bonds. The Balaban J connectivity index is 0.863. The van der Waals surface area contributed by atoms with Gasteiger partial charge in [-0.2, -0.15) is 0 Å². The van der Waals surface area contributed by atoms with Crippen molar-refractivity contribution < 1.29 is 4.42 Å². The van der Waals surface area contributed by atoms with Crippen LogP contribution in [0, 0.1) is 0 Å². The Kier molecular flexibility index (Phi) is 8.90. The van der Waals surface area contributed by atoms with Crippen LogP contribution in [-0.4, -0.2) is 4.57 Å². The van der Waals surface area contributed by atoms with Crippen LogP contribution in [0.15, 0.2) is 259 Å². The van der Waals surface area contributed by atoms with E-state index in [4.69, 9.17) is 4.42 Å². The molecule has 0 spiro atoms. The summed E-state index contributed by atoms with van der Waals surface area (Å²) in [7, 11) is 0. The van der Waals surface area contributed by atoms with Gasteiger partial charge in [0, 0.05) is 44.2 Å². The molecular weight excluding hydrogens is 837 g/mol. The van der Waals surface area contributed by atoms with Crippen molar-refractivity contribution in [3.8, 4) is 39.1 Å². The van der Waals surface area contributed by atoms with Gasteiger partial charge in [0.2, 0.25) is 0 Å². The zero-order valence-corrected chi connectivity index (χ0v) is 37.6. The van der Waals surface area contributed by atoms with Crippen molar-refractivity contribution >= 4 is 93.1 Å². The molecule has 2 heterocycles. The molecule has 0 aliphatic carbocycles. The summed E-state index contributed by atoms with van der Waals surface area (Å²) in [5.74, 6) is 0. The largest absolute Gasteiger partial charge is 0.456 e. The molecule has 0 radical (unpaired) electrons. The number of aromatic nitrogens is 1. The number of anilines is 3. The van der Waals surface area contributed by atoms with Crippen LogP contribution in [0.3, 0.4) is 0 Å². The number of rotatable bonds is 7. The first kappa shape index (κ1) is 39.0. The van der Waals surface area contributed by atoms with Gasteiger partial charge in [-0.1, -0.05) is 182 Å². The van der Waals surface area contributed by atoms with E-state index in [1.165, 1.54) is 59.7 Å². The van der Waals surface area contributed by atoms with Crippen LogP contribution in [0.25, 0.3) is 115 Å². The minimum Gasteiger partial charge on any atom is -0.456 e. The monoisotopic (exact) mass is 878 g/mol. The molecule has 14 rings (SSSR count). The van der Waals surface area contributed by atoms with Crippen molar-refractivity contribution in [1.29, 1.82) is 0 Å². The van der Waals surface area contributed by atoms with Crippen LogP contribution in [0.4, 0.5) is 17.1 Å². The zero-order valence-electron chi connectivity index (χ0n) is 37.6. The van der Waals surface area contributed by atoms with E-state index in [1.807, 2.05) is 12.1 Å². The number of hydrogen-bond donors (Lipinski definition) is 0. The van der Waals surface area contributed by atoms with Crippen LogP contribution >= 0.6 is 0 Å². The van der Waals surface area contributed by atoms with Crippen molar-refractivity contribution in [2.75, 3.05) is 4.90 Å². The average molecular weight is 879 g/mol. The summed E-state index contributed by atoms with van der Waals surface area (Å²) in [6.07, 6.45) is 0. The summed E-state index contributed by atoms with van der Waals surface area (Å²) >= 11 is 0. The maximum absolute atomic E-state index is 6.22. The predicted octanol–water partition coefficient (Wildman–Crippen LogP) is 18.6. The Bertz CT molecular complexity index is 4200. The molecule has 14 aromatic rings. The Morgan fingerprint density at radius 3 is 1.29 bits per heavy atom. The van der Waals surface area contributed by atoms with E-state index in [1.54, 1.807) is 0 Å². The molecular formula is C66H42N2O. The summed E-state index contributed by atoms with van der Waals surface area (Å²) in [5.41, 5.74) is 15.6. The molecule has 0 saturated carbocycles. The summed E-state index contributed by atoms with van der Waals surface area (Å²) in [6.45, 7) is 0. The van der Waals surface area contributed by atoms with E-state index in [-0.39, 0.29) is 0 Å². The van der Waals surface area contributed by atoms with Gasteiger partial charge in [0.15, 0.2) is 0 Å². The van der Waals surface area contributed by atoms with E-state index in [9.17, 15) is 0 Å². The molecule has 3 nitrogen and oxygen atoms in total. The molecule has 0 fully saturated rings. The van der Waals surface area contributed by atoms with Gasteiger partial charge < -0.3 is 13.9 Å². The van der Waals surface area contributed by atoms with Crippen molar-refractivity contribution in [1.82, 2.24) is 4.57 Å². The summed E-state index contributed by atoms with van der Waals surface area (Å²) in [5, 5.41) is 12.3. The molecule has 0 saturated heterocycles. The topological polar surface area (TPSA) is 21.3 Å². The third-order valence-electron chi connectivity index (χ3n) is 14.2. The standard InChI is InChI=1S/C66H42N2O/c1-2-16-54-52(14-1)53-15-3-4-17-55(53)61-42-50(38-40-56(54)61)67(48-34-29-44(30-35-48)43-25-27-45(28-26-43)47-33-39-60-59-20-8-12-24-65(59)69-66(60)41-47)49-36-31-46(32-37-49)51-13-5-9-21-62(51)68-63-22-10-6-18-57(63)58-19-7-11-23-64(58)68/h1-42H. The second kappa shape index (κ2) is 15.7. The minimum atomic E-state index is 0.907. The minimum absolute atomic E-state index is 0.907. The molecule has 0 atom stereocenters. The van der Waals surface area contributed by atoms with E-state index < -0.39 is 0 Å². The van der Waals surface area contributed by atoms with Gasteiger partial charge in [0.25, 0.3) is 0 Å². The maximum Gasteiger partial charge on any atom is 0.136 e. The average Bonchev–Trinajstić information content (AvgIpc) is 3.97.